The third kappa shape index (κ3) is 10.4. The Labute approximate surface area is 312 Å². The second kappa shape index (κ2) is 19.0. The van der Waals surface area contributed by atoms with E-state index in [9.17, 15) is 28.8 Å². The van der Waals surface area contributed by atoms with E-state index >= 15 is 0 Å². The van der Waals surface area contributed by atoms with E-state index in [1.54, 1.807) is 0 Å². The normalized spacial score (nSPS) is 20.1. The topological polar surface area (TPSA) is 213 Å². The van der Waals surface area contributed by atoms with Gasteiger partial charge in [-0.25, -0.2) is 0 Å². The number of rotatable bonds is 18. The number of primary amides is 1. The molecule has 2 saturated heterocycles. The predicted octanol–water partition coefficient (Wildman–Crippen LogP) is 2.24. The van der Waals surface area contributed by atoms with E-state index in [0.29, 0.717) is 58.0 Å². The number of benzene rings is 1. The molecule has 53 heavy (non-hydrogen) atoms. The molecule has 2 aromatic rings. The number of H-pyrrole nitrogens is 1. The van der Waals surface area contributed by atoms with Gasteiger partial charge in [-0.1, -0.05) is 72.1 Å². The van der Waals surface area contributed by atoms with Gasteiger partial charge in [-0.05, 0) is 62.0 Å². The van der Waals surface area contributed by atoms with E-state index < -0.39 is 71.7 Å². The Morgan fingerprint density at radius 3 is 2.15 bits per heavy atom. The summed E-state index contributed by atoms with van der Waals surface area (Å²) in [4.78, 5) is 87.7. The quantitative estimate of drug-likeness (QED) is 0.134. The first-order valence-electron chi connectivity index (χ1n) is 19.4. The molecule has 3 heterocycles. The molecular weight excluding hydrogens is 676 g/mol. The van der Waals surface area contributed by atoms with Crippen molar-refractivity contribution in [2.24, 2.45) is 23.3 Å². The molecule has 1 aromatic carbocycles. The average Bonchev–Trinajstić information content (AvgIpc) is 3.91. The molecule has 14 heteroatoms. The fourth-order valence-corrected chi connectivity index (χ4v) is 7.49. The van der Waals surface area contributed by atoms with Gasteiger partial charge in [0.15, 0.2) is 0 Å². The second-order valence-electron chi connectivity index (χ2n) is 15.2. The summed E-state index contributed by atoms with van der Waals surface area (Å²) < 4.78 is 0. The third-order valence-electron chi connectivity index (χ3n) is 10.7. The Kier molecular flexibility index (Phi) is 14.8. The molecule has 8 N–H and O–H groups in total. The van der Waals surface area contributed by atoms with Crippen LogP contribution in [0, 0.1) is 11.8 Å². The number of para-hydroxylation sites is 1. The summed E-state index contributed by atoms with van der Waals surface area (Å²) in [5, 5.41) is 9.62. The number of nitrogens with zero attached hydrogens (tertiary/aromatic N) is 2. The third-order valence-corrected chi connectivity index (χ3v) is 10.7. The zero-order valence-corrected chi connectivity index (χ0v) is 32.0. The van der Waals surface area contributed by atoms with Crippen molar-refractivity contribution in [3.05, 3.63) is 36.0 Å². The molecule has 0 unspecified atom stereocenters. The number of unbranched alkanes of at least 4 members (excludes halogenated alkanes) is 1. The van der Waals surface area contributed by atoms with Crippen LogP contribution in [0.1, 0.15) is 98.0 Å². The Balaban J connectivity index is 1.54. The van der Waals surface area contributed by atoms with Gasteiger partial charge in [0, 0.05) is 36.6 Å². The van der Waals surface area contributed by atoms with Crippen molar-refractivity contribution in [2.45, 2.75) is 135 Å². The molecule has 1 aromatic heterocycles. The molecule has 4 rings (SSSR count). The fourth-order valence-electron chi connectivity index (χ4n) is 7.49. The molecule has 0 radical (unpaired) electrons. The van der Waals surface area contributed by atoms with E-state index in [4.69, 9.17) is 11.5 Å². The van der Waals surface area contributed by atoms with Crippen molar-refractivity contribution >= 4 is 46.3 Å². The van der Waals surface area contributed by atoms with Gasteiger partial charge in [-0.3, -0.25) is 28.8 Å². The summed E-state index contributed by atoms with van der Waals surface area (Å²) in [7, 11) is 0. The maximum Gasteiger partial charge on any atom is 0.246 e. The summed E-state index contributed by atoms with van der Waals surface area (Å²) >= 11 is 0. The van der Waals surface area contributed by atoms with Crippen molar-refractivity contribution < 1.29 is 28.8 Å². The number of carbonyl (C=O) groups is 6. The number of amides is 6. The Bertz CT molecular complexity index is 1610. The molecule has 0 saturated carbocycles. The Morgan fingerprint density at radius 2 is 1.51 bits per heavy atom. The smallest absolute Gasteiger partial charge is 0.246 e. The molecule has 292 valence electrons. The van der Waals surface area contributed by atoms with Crippen LogP contribution in [0.2, 0.25) is 0 Å². The van der Waals surface area contributed by atoms with Crippen LogP contribution in [0.25, 0.3) is 10.9 Å². The number of carbonyl (C=O) groups excluding carboxylic acids is 6. The van der Waals surface area contributed by atoms with Crippen molar-refractivity contribution in [2.75, 3.05) is 13.1 Å². The van der Waals surface area contributed by atoms with Crippen molar-refractivity contribution in [3.8, 4) is 0 Å². The standard InChI is InChI=1S/C39H60N8O6/c1-6-8-14-27(40)35(49)45-33(24(5)7-2)37(51)44-29(20-23(3)4)38(52)47-19-12-17-32(47)36(50)43-30(39(53)46-18-11-16-31(46)34(41)48)21-25-22-42-28-15-10-9-13-26(25)28/h9-10,13,15,22-24,27,29-33,42H,6-8,11-12,14,16-21,40H2,1-5H3,(H2,41,48)(H,43,50)(H,44,51)(H,45,49)/t24-,27-,29-,30-,31-,32-,33-/m0/s1. The fraction of sp³-hybridized carbons (Fsp3) is 0.641. The maximum absolute atomic E-state index is 14.3. The van der Waals surface area contributed by atoms with Crippen LogP contribution >= 0.6 is 0 Å². The van der Waals surface area contributed by atoms with Gasteiger partial charge in [-0.15, -0.1) is 0 Å². The van der Waals surface area contributed by atoms with Crippen LogP contribution in [0.4, 0.5) is 0 Å². The van der Waals surface area contributed by atoms with Crippen LogP contribution < -0.4 is 27.4 Å². The van der Waals surface area contributed by atoms with Crippen LogP contribution in [-0.4, -0.2) is 99.6 Å². The molecule has 2 aliphatic rings. The molecule has 7 atom stereocenters. The first kappa shape index (κ1) is 41.3. The van der Waals surface area contributed by atoms with Crippen LogP contribution in [0.15, 0.2) is 30.5 Å². The SMILES string of the molecule is CCCC[C@H](N)C(=O)N[C@H](C(=O)N[C@@H](CC(C)C)C(=O)N1CCC[C@H]1C(=O)N[C@@H](Cc1c[nH]c2ccccc12)C(=O)N1CCC[C@H]1C(N)=O)[C@@H](C)CC. The van der Waals surface area contributed by atoms with Crippen LogP contribution in [0.5, 0.6) is 0 Å². The molecule has 2 fully saturated rings. The lowest BCUT2D eigenvalue weighted by Gasteiger charge is -2.33. The summed E-state index contributed by atoms with van der Waals surface area (Å²) in [6.07, 6.45) is 7.08. The van der Waals surface area contributed by atoms with Gasteiger partial charge in [-0.2, -0.15) is 0 Å². The van der Waals surface area contributed by atoms with E-state index in [1.165, 1.54) is 9.80 Å². The van der Waals surface area contributed by atoms with Gasteiger partial charge in [0.1, 0.15) is 30.2 Å². The molecule has 0 bridgehead atoms. The number of likely N-dealkylation sites (tertiary alicyclic amines) is 2. The molecule has 0 aliphatic carbocycles. The number of nitrogens with one attached hydrogen (secondary N) is 4. The van der Waals surface area contributed by atoms with Crippen molar-refractivity contribution in [1.82, 2.24) is 30.7 Å². The largest absolute Gasteiger partial charge is 0.368 e. The van der Waals surface area contributed by atoms with Crippen LogP contribution in [0.3, 0.4) is 0 Å². The average molecular weight is 737 g/mol. The van der Waals surface area contributed by atoms with Gasteiger partial charge < -0.3 is 42.2 Å². The Morgan fingerprint density at radius 1 is 0.868 bits per heavy atom. The first-order valence-corrected chi connectivity index (χ1v) is 19.4. The highest BCUT2D eigenvalue weighted by Gasteiger charge is 2.42. The summed E-state index contributed by atoms with van der Waals surface area (Å²) in [6.45, 7) is 10.3. The molecule has 14 nitrogen and oxygen atoms in total. The molecular formula is C39H60N8O6. The van der Waals surface area contributed by atoms with Crippen molar-refractivity contribution in [3.63, 3.8) is 0 Å². The zero-order chi connectivity index (χ0) is 38.8. The molecule has 2 aliphatic heterocycles. The van der Waals surface area contributed by atoms with Gasteiger partial charge in [0.05, 0.1) is 6.04 Å². The van der Waals surface area contributed by atoms with Gasteiger partial charge in [0.25, 0.3) is 0 Å². The maximum atomic E-state index is 14.3. The zero-order valence-electron chi connectivity index (χ0n) is 32.0. The van der Waals surface area contributed by atoms with Gasteiger partial charge in [0.2, 0.25) is 35.4 Å². The number of aromatic amines is 1. The van der Waals surface area contributed by atoms with Gasteiger partial charge >= 0.3 is 0 Å². The monoisotopic (exact) mass is 736 g/mol. The lowest BCUT2D eigenvalue weighted by Crippen LogP contribution is -2.60. The van der Waals surface area contributed by atoms with E-state index in [2.05, 4.69) is 20.9 Å². The predicted molar refractivity (Wildman–Crippen MR) is 203 cm³/mol. The summed E-state index contributed by atoms with van der Waals surface area (Å²) in [5.41, 5.74) is 13.5. The number of hydrogen-bond acceptors (Lipinski definition) is 7. The highest BCUT2D eigenvalue weighted by Crippen LogP contribution is 2.25. The van der Waals surface area contributed by atoms with Crippen LogP contribution in [-0.2, 0) is 35.2 Å². The molecule has 6 amide bonds. The minimum atomic E-state index is -1.02. The van der Waals surface area contributed by atoms with E-state index in [0.717, 1.165) is 29.3 Å². The highest BCUT2D eigenvalue weighted by molar-refractivity contribution is 5.97. The second-order valence-corrected chi connectivity index (χ2v) is 15.2. The first-order chi connectivity index (χ1) is 25.3. The number of fused-ring (bicyclic) bond motifs is 1. The lowest BCUT2D eigenvalue weighted by atomic mass is 9.96. The number of nitrogens with two attached hydrogens (primary N) is 2. The lowest BCUT2D eigenvalue weighted by molar-refractivity contribution is -0.144. The van der Waals surface area contributed by atoms with E-state index in [-0.39, 0.29) is 18.3 Å². The minimum absolute atomic E-state index is 0.0232. The minimum Gasteiger partial charge on any atom is -0.368 e. The highest BCUT2D eigenvalue weighted by atomic mass is 16.2. The summed E-state index contributed by atoms with van der Waals surface area (Å²) in [6, 6.07) is 2.42. The van der Waals surface area contributed by atoms with E-state index in [1.807, 2.05) is 65.1 Å². The number of hydrogen-bond donors (Lipinski definition) is 6. The number of aromatic nitrogens is 1. The summed E-state index contributed by atoms with van der Waals surface area (Å²) in [5.74, 6) is -2.96. The molecule has 0 spiro atoms. The van der Waals surface area contributed by atoms with Crippen molar-refractivity contribution in [1.29, 1.82) is 0 Å². The Hall–Kier alpha value is -4.46.